The number of rotatable bonds is 7. The summed E-state index contributed by atoms with van der Waals surface area (Å²) in [6, 6.07) is 12.9. The van der Waals surface area contributed by atoms with E-state index in [1.165, 1.54) is 23.1 Å². The first-order chi connectivity index (χ1) is 13.8. The molecule has 3 aromatic rings. The maximum atomic E-state index is 12.7. The molecule has 0 spiro atoms. The highest BCUT2D eigenvalue weighted by atomic mass is 32.2. The number of nitrogens with zero attached hydrogens (tertiary/aromatic N) is 3. The third-order valence-electron chi connectivity index (χ3n) is 4.21. The number of hydrogen-bond donors (Lipinski definition) is 1. The van der Waals surface area contributed by atoms with Crippen LogP contribution in [0.5, 0.6) is 0 Å². The van der Waals surface area contributed by atoms with Gasteiger partial charge in [0.05, 0.1) is 11.4 Å². The first-order valence-electron chi connectivity index (χ1n) is 9.05. The van der Waals surface area contributed by atoms with Crippen LogP contribution in [0.15, 0.2) is 57.9 Å². The third-order valence-corrected chi connectivity index (χ3v) is 5.59. The van der Waals surface area contributed by atoms with Crippen molar-refractivity contribution in [2.75, 3.05) is 11.8 Å². The van der Waals surface area contributed by atoms with Gasteiger partial charge >= 0.3 is 0 Å². The van der Waals surface area contributed by atoms with E-state index in [1.54, 1.807) is 31.3 Å². The number of carbonyl (C=O) groups is 1. The molecule has 0 atom stereocenters. The Morgan fingerprint density at radius 2 is 1.93 bits per heavy atom. The fourth-order valence-electron chi connectivity index (χ4n) is 2.71. The van der Waals surface area contributed by atoms with E-state index in [2.05, 4.69) is 14.9 Å². The first kappa shape index (κ1) is 20.5. The lowest BCUT2D eigenvalue weighted by Gasteiger charge is -2.15. The van der Waals surface area contributed by atoms with Crippen LogP contribution in [0.25, 0.3) is 0 Å². The third kappa shape index (κ3) is 5.00. The van der Waals surface area contributed by atoms with Crippen molar-refractivity contribution in [3.63, 3.8) is 0 Å². The minimum absolute atomic E-state index is 0.00400. The highest BCUT2D eigenvalue weighted by Gasteiger charge is 2.19. The van der Waals surface area contributed by atoms with Crippen LogP contribution in [0.4, 0.5) is 5.69 Å². The fourth-order valence-corrected chi connectivity index (χ4v) is 3.81. The summed E-state index contributed by atoms with van der Waals surface area (Å²) in [5.74, 6) is 0.535. The summed E-state index contributed by atoms with van der Waals surface area (Å²) in [6.45, 7) is 3.91. The van der Waals surface area contributed by atoms with Gasteiger partial charge in [0.1, 0.15) is 0 Å². The Morgan fingerprint density at radius 1 is 1.17 bits per heavy atom. The number of aryl methyl sites for hydroxylation is 2. The van der Waals surface area contributed by atoms with Crippen molar-refractivity contribution < 1.29 is 17.7 Å². The number of hydrogen-bond acceptors (Lipinski definition) is 6. The predicted octanol–water partition coefficient (Wildman–Crippen LogP) is 3.01. The molecule has 0 fully saturated rings. The molecule has 0 aliphatic rings. The maximum absolute atomic E-state index is 12.7. The van der Waals surface area contributed by atoms with Crippen molar-refractivity contribution in [3.05, 3.63) is 71.4 Å². The first-order valence-corrected chi connectivity index (χ1v) is 10.5. The van der Waals surface area contributed by atoms with Crippen LogP contribution in [0, 0.1) is 6.92 Å². The summed E-state index contributed by atoms with van der Waals surface area (Å²) in [7, 11) is -2.24. The van der Waals surface area contributed by atoms with Crippen LogP contribution in [-0.4, -0.2) is 36.4 Å². The zero-order chi connectivity index (χ0) is 21.0. The van der Waals surface area contributed by atoms with Crippen molar-refractivity contribution in [2.24, 2.45) is 0 Å². The van der Waals surface area contributed by atoms with Crippen LogP contribution in [0.1, 0.15) is 34.6 Å². The summed E-state index contributed by atoms with van der Waals surface area (Å²) >= 11 is 0. The molecule has 0 aliphatic heterocycles. The number of amides is 1. The van der Waals surface area contributed by atoms with Gasteiger partial charge in [0, 0.05) is 24.7 Å². The van der Waals surface area contributed by atoms with E-state index in [-0.39, 0.29) is 22.9 Å². The summed E-state index contributed by atoms with van der Waals surface area (Å²) in [4.78, 5) is 18.3. The second-order valence-electron chi connectivity index (χ2n) is 6.62. The molecule has 152 valence electrons. The van der Waals surface area contributed by atoms with E-state index in [9.17, 15) is 13.2 Å². The van der Waals surface area contributed by atoms with Crippen molar-refractivity contribution in [2.45, 2.75) is 31.7 Å². The molecule has 0 radical (unpaired) electrons. The molecule has 0 bridgehead atoms. The van der Waals surface area contributed by atoms with Crippen LogP contribution in [0.2, 0.25) is 0 Å². The van der Waals surface area contributed by atoms with E-state index in [4.69, 9.17) is 4.52 Å². The summed E-state index contributed by atoms with van der Waals surface area (Å²) in [6.07, 6.45) is 0.634. The molecule has 0 saturated heterocycles. The topological polar surface area (TPSA) is 105 Å². The molecule has 1 amide bonds. The fraction of sp³-hybridized carbons (Fsp3) is 0.250. The van der Waals surface area contributed by atoms with Crippen molar-refractivity contribution in [3.8, 4) is 0 Å². The molecule has 2 aromatic carbocycles. The van der Waals surface area contributed by atoms with Crippen molar-refractivity contribution in [1.82, 2.24) is 15.0 Å². The average molecular weight is 414 g/mol. The zero-order valence-electron chi connectivity index (χ0n) is 16.4. The lowest BCUT2D eigenvalue weighted by atomic mass is 10.2. The van der Waals surface area contributed by atoms with E-state index >= 15 is 0 Å². The standard InChI is InChI=1S/C20H22N4O4S/c1-4-18-21-19(28-22-18)13-24(3)20(25)15-8-6-10-17(12-15)29(26,27)23-16-9-5-7-14(2)11-16/h5-12,23H,4,13H2,1-3H3. The lowest BCUT2D eigenvalue weighted by molar-refractivity contribution is 0.0769. The van der Waals surface area contributed by atoms with Gasteiger partial charge in [0.25, 0.3) is 15.9 Å². The molecule has 8 nitrogen and oxygen atoms in total. The number of benzene rings is 2. The van der Waals surface area contributed by atoms with E-state index in [0.717, 1.165) is 5.56 Å². The molecular weight excluding hydrogens is 392 g/mol. The van der Waals surface area contributed by atoms with Gasteiger partial charge in [-0.15, -0.1) is 0 Å². The van der Waals surface area contributed by atoms with Crippen LogP contribution >= 0.6 is 0 Å². The quantitative estimate of drug-likeness (QED) is 0.637. The number of carbonyl (C=O) groups excluding carboxylic acids is 1. The van der Waals surface area contributed by atoms with Crippen LogP contribution in [0.3, 0.4) is 0 Å². The van der Waals surface area contributed by atoms with Gasteiger partial charge in [-0.05, 0) is 42.8 Å². The Hall–Kier alpha value is -3.20. The molecular formula is C20H22N4O4S. The number of nitrogens with one attached hydrogen (secondary N) is 1. The minimum atomic E-state index is -3.83. The number of sulfonamides is 1. The highest BCUT2D eigenvalue weighted by Crippen LogP contribution is 2.19. The normalized spacial score (nSPS) is 11.3. The minimum Gasteiger partial charge on any atom is -0.337 e. The molecule has 3 rings (SSSR count). The average Bonchev–Trinajstić information content (AvgIpc) is 3.14. The lowest BCUT2D eigenvalue weighted by Crippen LogP contribution is -2.26. The van der Waals surface area contributed by atoms with Gasteiger partial charge in [-0.25, -0.2) is 8.42 Å². The van der Waals surface area contributed by atoms with Gasteiger partial charge in [-0.1, -0.05) is 30.3 Å². The van der Waals surface area contributed by atoms with Gasteiger partial charge in [-0.2, -0.15) is 4.98 Å². The Kier molecular flexibility index (Phi) is 5.97. The molecule has 0 aliphatic carbocycles. The molecule has 1 aromatic heterocycles. The van der Waals surface area contributed by atoms with Gasteiger partial charge in [-0.3, -0.25) is 9.52 Å². The van der Waals surface area contributed by atoms with Gasteiger partial charge in [0.2, 0.25) is 5.89 Å². The molecule has 0 saturated carbocycles. The Labute approximate surface area is 169 Å². The van der Waals surface area contributed by atoms with E-state index in [1.807, 2.05) is 19.9 Å². The van der Waals surface area contributed by atoms with Crippen molar-refractivity contribution in [1.29, 1.82) is 0 Å². The van der Waals surface area contributed by atoms with E-state index < -0.39 is 10.0 Å². The van der Waals surface area contributed by atoms with Crippen molar-refractivity contribution >= 4 is 21.6 Å². The largest absolute Gasteiger partial charge is 0.337 e. The molecule has 9 heteroatoms. The van der Waals surface area contributed by atoms with Crippen LogP contribution < -0.4 is 4.72 Å². The smallest absolute Gasteiger partial charge is 0.261 e. The summed E-state index contributed by atoms with van der Waals surface area (Å²) in [5.41, 5.74) is 1.64. The summed E-state index contributed by atoms with van der Waals surface area (Å²) in [5, 5.41) is 3.80. The Morgan fingerprint density at radius 3 is 2.62 bits per heavy atom. The molecule has 0 unspecified atom stereocenters. The maximum Gasteiger partial charge on any atom is 0.261 e. The Balaban J connectivity index is 1.77. The number of aromatic nitrogens is 2. The second-order valence-corrected chi connectivity index (χ2v) is 8.30. The number of anilines is 1. The predicted molar refractivity (Wildman–Crippen MR) is 108 cm³/mol. The van der Waals surface area contributed by atoms with Crippen LogP contribution in [-0.2, 0) is 23.0 Å². The van der Waals surface area contributed by atoms with Gasteiger partial charge < -0.3 is 9.42 Å². The van der Waals surface area contributed by atoms with Gasteiger partial charge in [0.15, 0.2) is 5.82 Å². The summed E-state index contributed by atoms with van der Waals surface area (Å²) < 4.78 is 33.1. The SMILES string of the molecule is CCc1noc(CN(C)C(=O)c2cccc(S(=O)(=O)Nc3cccc(C)c3)c2)n1. The highest BCUT2D eigenvalue weighted by molar-refractivity contribution is 7.92. The molecule has 1 heterocycles. The molecule has 1 N–H and O–H groups in total. The van der Waals surface area contributed by atoms with E-state index in [0.29, 0.717) is 23.8 Å². The second kappa shape index (κ2) is 8.44. The zero-order valence-corrected chi connectivity index (χ0v) is 17.2. The Bertz CT molecular complexity index is 1120. The monoisotopic (exact) mass is 414 g/mol. The molecule has 29 heavy (non-hydrogen) atoms.